The smallest absolute Gasteiger partial charge is 0.176 e. The number of thiophene rings is 1. The van der Waals surface area contributed by atoms with E-state index in [0.717, 1.165) is 44.1 Å². The highest BCUT2D eigenvalue weighted by atomic mass is 32.1. The summed E-state index contributed by atoms with van der Waals surface area (Å²) in [6.45, 7) is 9.82. The normalized spacial score (nSPS) is 17.3. The van der Waals surface area contributed by atoms with Crippen LogP contribution in [0.4, 0.5) is 0 Å². The molecular weight excluding hydrogens is 356 g/mol. The van der Waals surface area contributed by atoms with Crippen LogP contribution in [-0.4, -0.2) is 49.1 Å². The molecular formula is C20H24N6S. The van der Waals surface area contributed by atoms with Crippen molar-refractivity contribution in [2.75, 3.05) is 19.6 Å². The van der Waals surface area contributed by atoms with Gasteiger partial charge in [-0.1, -0.05) is 13.3 Å². The zero-order valence-corrected chi connectivity index (χ0v) is 16.9. The molecule has 1 fully saturated rings. The molecule has 140 valence electrons. The second-order valence-electron chi connectivity index (χ2n) is 7.79. The highest BCUT2D eigenvalue weighted by molar-refractivity contribution is 7.26. The summed E-state index contributed by atoms with van der Waals surface area (Å²) in [5.74, 6) is 1.22. The number of piperidine rings is 1. The van der Waals surface area contributed by atoms with Gasteiger partial charge in [0.15, 0.2) is 11.5 Å². The average Bonchev–Trinajstić information content (AvgIpc) is 3.23. The third-order valence-corrected chi connectivity index (χ3v) is 6.60. The zero-order valence-electron chi connectivity index (χ0n) is 16.1. The Morgan fingerprint density at radius 3 is 2.78 bits per heavy atom. The number of likely N-dealkylation sites (tertiary alicyclic amines) is 1. The van der Waals surface area contributed by atoms with E-state index in [0.29, 0.717) is 5.92 Å². The van der Waals surface area contributed by atoms with Crippen molar-refractivity contribution in [1.29, 1.82) is 0 Å². The molecule has 1 unspecified atom stereocenters. The zero-order chi connectivity index (χ0) is 18.5. The van der Waals surface area contributed by atoms with E-state index in [1.807, 2.05) is 11.4 Å². The molecule has 27 heavy (non-hydrogen) atoms. The Kier molecular flexibility index (Phi) is 4.09. The molecule has 4 aromatic rings. The van der Waals surface area contributed by atoms with Gasteiger partial charge in [-0.15, -0.1) is 16.4 Å². The predicted molar refractivity (Wildman–Crippen MR) is 110 cm³/mol. The molecule has 1 aliphatic rings. The van der Waals surface area contributed by atoms with Crippen LogP contribution in [0.25, 0.3) is 26.1 Å². The first-order valence-electron chi connectivity index (χ1n) is 9.74. The monoisotopic (exact) mass is 380 g/mol. The Morgan fingerprint density at radius 2 is 1.96 bits per heavy atom. The van der Waals surface area contributed by atoms with Crippen molar-refractivity contribution in [2.24, 2.45) is 0 Å². The molecule has 6 nitrogen and oxygen atoms in total. The second-order valence-corrected chi connectivity index (χ2v) is 8.78. The summed E-state index contributed by atoms with van der Waals surface area (Å²) in [6, 6.07) is 2.12. The number of aromatic nitrogens is 5. The van der Waals surface area contributed by atoms with E-state index in [-0.39, 0.29) is 0 Å². The highest BCUT2D eigenvalue weighted by Gasteiger charge is 2.20. The van der Waals surface area contributed by atoms with Crippen molar-refractivity contribution in [2.45, 2.75) is 46.0 Å². The number of aryl methyl sites for hydroxylation is 2. The average molecular weight is 381 g/mol. The van der Waals surface area contributed by atoms with Crippen LogP contribution in [0.3, 0.4) is 0 Å². The van der Waals surface area contributed by atoms with Crippen LogP contribution in [0.5, 0.6) is 0 Å². The van der Waals surface area contributed by atoms with E-state index in [1.165, 1.54) is 37.9 Å². The van der Waals surface area contributed by atoms with Crippen LogP contribution in [0.1, 0.15) is 49.2 Å². The number of rotatable bonds is 3. The minimum absolute atomic E-state index is 0.314. The Bertz CT molecular complexity index is 1140. The molecule has 0 radical (unpaired) electrons. The molecule has 0 N–H and O–H groups in total. The summed E-state index contributed by atoms with van der Waals surface area (Å²) in [6.07, 6.45) is 5.78. The maximum absolute atomic E-state index is 4.92. The number of pyridine rings is 1. The predicted octanol–water partition coefficient (Wildman–Crippen LogP) is 4.09. The lowest BCUT2D eigenvalue weighted by atomic mass is 10.1. The Morgan fingerprint density at radius 1 is 1.15 bits per heavy atom. The number of nitrogens with zero attached hydrogens (tertiary/aromatic N) is 6. The fraction of sp³-hybridized carbons (Fsp3) is 0.500. The lowest BCUT2D eigenvalue weighted by Gasteiger charge is -2.28. The van der Waals surface area contributed by atoms with Gasteiger partial charge in [0, 0.05) is 23.5 Å². The third kappa shape index (κ3) is 2.89. The maximum atomic E-state index is 4.92. The summed E-state index contributed by atoms with van der Waals surface area (Å²) >= 11 is 1.67. The fourth-order valence-corrected chi connectivity index (χ4v) is 5.43. The minimum atomic E-state index is 0.314. The van der Waals surface area contributed by atoms with Crippen LogP contribution in [0, 0.1) is 13.8 Å². The summed E-state index contributed by atoms with van der Waals surface area (Å²) in [5, 5.41) is 5.89. The van der Waals surface area contributed by atoms with Crippen molar-refractivity contribution in [3.05, 3.63) is 29.5 Å². The van der Waals surface area contributed by atoms with Crippen LogP contribution < -0.4 is 0 Å². The molecule has 7 heteroatoms. The summed E-state index contributed by atoms with van der Waals surface area (Å²) in [7, 11) is 0. The lowest BCUT2D eigenvalue weighted by Crippen LogP contribution is -2.33. The molecule has 0 bridgehead atoms. The van der Waals surface area contributed by atoms with E-state index >= 15 is 0 Å². The van der Waals surface area contributed by atoms with Gasteiger partial charge in [0.2, 0.25) is 0 Å². The van der Waals surface area contributed by atoms with Crippen LogP contribution in [0.2, 0.25) is 0 Å². The highest BCUT2D eigenvalue weighted by Crippen LogP contribution is 2.35. The maximum Gasteiger partial charge on any atom is 0.176 e. The molecule has 0 spiro atoms. The Labute approximate surface area is 162 Å². The lowest BCUT2D eigenvalue weighted by molar-refractivity contribution is 0.217. The fourth-order valence-electron chi connectivity index (χ4n) is 4.20. The number of hydrogen-bond acceptors (Lipinski definition) is 6. The third-order valence-electron chi connectivity index (χ3n) is 5.53. The van der Waals surface area contributed by atoms with Crippen LogP contribution in [-0.2, 0) is 0 Å². The van der Waals surface area contributed by atoms with Crippen molar-refractivity contribution < 1.29 is 0 Å². The Balaban J connectivity index is 1.58. The quantitative estimate of drug-likeness (QED) is 0.536. The summed E-state index contributed by atoms with van der Waals surface area (Å²) in [4.78, 5) is 17.9. The van der Waals surface area contributed by atoms with Gasteiger partial charge >= 0.3 is 0 Å². The van der Waals surface area contributed by atoms with E-state index in [4.69, 9.17) is 20.1 Å². The van der Waals surface area contributed by atoms with E-state index in [1.54, 1.807) is 17.7 Å². The molecule has 5 rings (SSSR count). The molecule has 1 saturated heterocycles. The van der Waals surface area contributed by atoms with Gasteiger partial charge in [0.25, 0.3) is 0 Å². The first kappa shape index (κ1) is 17.0. The number of fused-ring (bicyclic) bond motifs is 5. The van der Waals surface area contributed by atoms with Crippen LogP contribution >= 0.6 is 11.3 Å². The molecule has 0 aliphatic carbocycles. The van der Waals surface area contributed by atoms with Gasteiger partial charge in [-0.25, -0.2) is 19.5 Å². The van der Waals surface area contributed by atoms with Crippen molar-refractivity contribution >= 4 is 37.4 Å². The van der Waals surface area contributed by atoms with Gasteiger partial charge in [-0.2, -0.15) is 0 Å². The first-order chi connectivity index (χ1) is 13.1. The molecule has 5 heterocycles. The van der Waals surface area contributed by atoms with Gasteiger partial charge in [-0.3, -0.25) is 0 Å². The van der Waals surface area contributed by atoms with Crippen molar-refractivity contribution in [3.63, 3.8) is 0 Å². The van der Waals surface area contributed by atoms with E-state index < -0.39 is 0 Å². The molecule has 4 aromatic heterocycles. The minimum Gasteiger partial charge on any atom is -0.303 e. The van der Waals surface area contributed by atoms with Gasteiger partial charge in [0.1, 0.15) is 15.9 Å². The first-order valence-corrected chi connectivity index (χ1v) is 10.6. The SMILES string of the molecule is Cc1cc(C)c2c(n1)sc1c2ncn2nc(C(C)CN3CCCCC3)nc12. The van der Waals surface area contributed by atoms with Gasteiger partial charge < -0.3 is 4.90 Å². The van der Waals surface area contributed by atoms with Crippen LogP contribution in [0.15, 0.2) is 12.4 Å². The van der Waals surface area contributed by atoms with Crippen molar-refractivity contribution in [1.82, 2.24) is 29.5 Å². The topological polar surface area (TPSA) is 59.2 Å². The van der Waals surface area contributed by atoms with Gasteiger partial charge in [-0.05, 0) is 51.4 Å². The number of hydrogen-bond donors (Lipinski definition) is 0. The second kappa shape index (κ2) is 6.49. The van der Waals surface area contributed by atoms with E-state index in [9.17, 15) is 0 Å². The standard InChI is InChI=1S/C20H24N6S/c1-12-9-14(3)22-20-15(12)16-17(27-20)19-23-18(24-26(19)11-21-16)13(2)10-25-7-5-4-6-8-25/h9,11,13H,4-8,10H2,1-3H3. The van der Waals surface area contributed by atoms with E-state index in [2.05, 4.69) is 24.8 Å². The molecule has 0 amide bonds. The molecule has 0 aromatic carbocycles. The van der Waals surface area contributed by atoms with Gasteiger partial charge in [0.05, 0.1) is 5.52 Å². The Hall–Kier alpha value is -2.12. The molecule has 1 atom stereocenters. The summed E-state index contributed by atoms with van der Waals surface area (Å²) in [5.41, 5.74) is 4.16. The molecule has 0 saturated carbocycles. The summed E-state index contributed by atoms with van der Waals surface area (Å²) < 4.78 is 2.92. The largest absolute Gasteiger partial charge is 0.303 e. The van der Waals surface area contributed by atoms with Crippen molar-refractivity contribution in [3.8, 4) is 0 Å². The molecule has 1 aliphatic heterocycles.